The molecule has 0 radical (unpaired) electrons. The van der Waals surface area contributed by atoms with E-state index in [1.807, 2.05) is 19.1 Å². The second-order valence-corrected chi connectivity index (χ2v) is 6.67. The van der Waals surface area contributed by atoms with Crippen LogP contribution >= 0.6 is 11.6 Å². The molecule has 0 aliphatic heterocycles. The Morgan fingerprint density at radius 3 is 2.32 bits per heavy atom. The fourth-order valence-corrected chi connectivity index (χ4v) is 2.93. The highest BCUT2D eigenvalue weighted by Crippen LogP contribution is 2.27. The molecule has 2 rings (SSSR count). The molecule has 0 heterocycles. The summed E-state index contributed by atoms with van der Waals surface area (Å²) in [6, 6.07) is 9.36. The van der Waals surface area contributed by atoms with Gasteiger partial charge in [-0.05, 0) is 31.2 Å². The van der Waals surface area contributed by atoms with Crippen LogP contribution in [0.25, 0.3) is 0 Å². The Morgan fingerprint density at radius 2 is 1.77 bits per heavy atom. The first-order valence-electron chi connectivity index (χ1n) is 6.18. The summed E-state index contributed by atoms with van der Waals surface area (Å²) < 4.78 is 22.9. The summed E-state index contributed by atoms with van der Waals surface area (Å²) in [6.07, 6.45) is 0. The van der Waals surface area contributed by atoms with Crippen LogP contribution in [-0.2, 0) is 10.0 Å². The zero-order chi connectivity index (χ0) is 16.5. The largest absolute Gasteiger partial charge is 0.398 e. The lowest BCUT2D eigenvalue weighted by Crippen LogP contribution is -2.18. The van der Waals surface area contributed by atoms with E-state index in [-0.39, 0.29) is 21.2 Å². The number of nitrogen functional groups attached to an aromatic ring is 1. The fraction of sp³-hybridized carbons (Fsp3) is 0.0714. The Kier molecular flexibility index (Phi) is 4.41. The molecule has 0 spiro atoms. The third-order valence-electron chi connectivity index (χ3n) is 2.96. The number of rotatable bonds is 3. The summed E-state index contributed by atoms with van der Waals surface area (Å²) in [6.45, 7) is 1.92. The quantitative estimate of drug-likeness (QED) is 0.743. The summed E-state index contributed by atoms with van der Waals surface area (Å²) >= 11 is 5.80. The van der Waals surface area contributed by atoms with E-state index < -0.39 is 15.9 Å². The van der Waals surface area contributed by atoms with Crippen molar-refractivity contribution < 1.29 is 13.2 Å². The summed E-state index contributed by atoms with van der Waals surface area (Å²) in [5, 5.41) is 7.56. The van der Waals surface area contributed by atoms with E-state index in [0.717, 1.165) is 11.6 Å². The number of hydrogen-bond donors (Lipinski definition) is 3. The average Bonchev–Trinajstić information content (AvgIpc) is 2.39. The van der Waals surface area contributed by atoms with E-state index >= 15 is 0 Å². The number of amides is 1. The van der Waals surface area contributed by atoms with Gasteiger partial charge in [0, 0.05) is 11.4 Å². The van der Waals surface area contributed by atoms with Gasteiger partial charge in [-0.1, -0.05) is 29.3 Å². The lowest BCUT2D eigenvalue weighted by atomic mass is 10.1. The third kappa shape index (κ3) is 3.56. The Bertz CT molecular complexity index is 833. The number of anilines is 2. The van der Waals surface area contributed by atoms with E-state index in [1.165, 1.54) is 6.07 Å². The number of nitrogens with two attached hydrogens (primary N) is 2. The summed E-state index contributed by atoms with van der Waals surface area (Å²) in [5.74, 6) is -0.553. The van der Waals surface area contributed by atoms with Gasteiger partial charge >= 0.3 is 0 Å². The predicted molar refractivity (Wildman–Crippen MR) is 86.4 cm³/mol. The molecule has 116 valence electrons. The number of carbonyl (C=O) groups is 1. The fourth-order valence-electron chi connectivity index (χ4n) is 1.82. The Morgan fingerprint density at radius 1 is 1.18 bits per heavy atom. The first-order chi connectivity index (χ1) is 10.2. The van der Waals surface area contributed by atoms with Crippen LogP contribution in [0.15, 0.2) is 41.3 Å². The molecule has 2 aromatic carbocycles. The molecular weight excluding hydrogens is 326 g/mol. The van der Waals surface area contributed by atoms with Crippen molar-refractivity contribution in [3.05, 3.63) is 52.5 Å². The molecule has 1 amide bonds. The second kappa shape index (κ2) is 5.96. The van der Waals surface area contributed by atoms with E-state index in [9.17, 15) is 13.2 Å². The van der Waals surface area contributed by atoms with Gasteiger partial charge in [0.2, 0.25) is 10.0 Å². The lowest BCUT2D eigenvalue weighted by molar-refractivity contribution is 0.102. The SMILES string of the molecule is Cc1ccc(NC(=O)c2cc(S(N)(=O)=O)c(Cl)cc2N)cc1. The van der Waals surface area contributed by atoms with Crippen LogP contribution in [0.5, 0.6) is 0 Å². The molecule has 8 heteroatoms. The van der Waals surface area contributed by atoms with Crippen molar-refractivity contribution in [2.45, 2.75) is 11.8 Å². The maximum atomic E-state index is 12.2. The van der Waals surface area contributed by atoms with Gasteiger partial charge in [-0.25, -0.2) is 13.6 Å². The van der Waals surface area contributed by atoms with Crippen LogP contribution in [0, 0.1) is 6.92 Å². The van der Waals surface area contributed by atoms with Crippen molar-refractivity contribution in [3.8, 4) is 0 Å². The molecule has 6 nitrogen and oxygen atoms in total. The number of carbonyl (C=O) groups excluding carboxylic acids is 1. The first-order valence-corrected chi connectivity index (χ1v) is 8.11. The van der Waals surface area contributed by atoms with Gasteiger partial charge in [0.05, 0.1) is 10.6 Å². The van der Waals surface area contributed by atoms with E-state index in [0.29, 0.717) is 5.69 Å². The van der Waals surface area contributed by atoms with Gasteiger partial charge in [0.25, 0.3) is 5.91 Å². The molecule has 0 atom stereocenters. The van der Waals surface area contributed by atoms with E-state index in [1.54, 1.807) is 12.1 Å². The molecular formula is C14H14ClN3O3S. The zero-order valence-corrected chi connectivity index (χ0v) is 13.2. The maximum Gasteiger partial charge on any atom is 0.257 e. The molecule has 0 fully saturated rings. The number of halogens is 1. The number of aryl methyl sites for hydroxylation is 1. The Hall–Kier alpha value is -2.09. The van der Waals surface area contributed by atoms with Gasteiger partial charge in [0.15, 0.2) is 0 Å². The van der Waals surface area contributed by atoms with Gasteiger partial charge in [-0.15, -0.1) is 0 Å². The molecule has 0 aliphatic carbocycles. The first kappa shape index (κ1) is 16.3. The highest BCUT2D eigenvalue weighted by Gasteiger charge is 2.19. The molecule has 0 aliphatic rings. The molecule has 2 aromatic rings. The van der Waals surface area contributed by atoms with Gasteiger partial charge in [-0.2, -0.15) is 0 Å². The molecule has 5 N–H and O–H groups in total. The van der Waals surface area contributed by atoms with Crippen LogP contribution < -0.4 is 16.2 Å². The summed E-state index contributed by atoms with van der Waals surface area (Å²) in [5.41, 5.74) is 7.37. The maximum absolute atomic E-state index is 12.2. The second-order valence-electron chi connectivity index (χ2n) is 4.74. The van der Waals surface area contributed by atoms with Crippen LogP contribution in [0.3, 0.4) is 0 Å². The molecule has 0 bridgehead atoms. The van der Waals surface area contributed by atoms with Crippen LogP contribution in [0.1, 0.15) is 15.9 Å². The van der Waals surface area contributed by atoms with E-state index in [2.05, 4.69) is 5.32 Å². The molecule has 22 heavy (non-hydrogen) atoms. The minimum absolute atomic E-state index is 0.0194. The van der Waals surface area contributed by atoms with Crippen LogP contribution in [0.4, 0.5) is 11.4 Å². The standard InChI is InChI=1S/C14H14ClN3O3S/c1-8-2-4-9(5-3-8)18-14(19)10-6-13(22(17,20)21)11(15)7-12(10)16/h2-7H,16H2,1H3,(H,18,19)(H2,17,20,21). The van der Waals surface area contributed by atoms with Crippen molar-refractivity contribution in [1.29, 1.82) is 0 Å². The van der Waals surface area contributed by atoms with Crippen molar-refractivity contribution in [1.82, 2.24) is 0 Å². The smallest absolute Gasteiger partial charge is 0.257 e. The minimum Gasteiger partial charge on any atom is -0.398 e. The van der Waals surface area contributed by atoms with Crippen LogP contribution in [0.2, 0.25) is 5.02 Å². The monoisotopic (exact) mass is 339 g/mol. The number of hydrogen-bond acceptors (Lipinski definition) is 4. The topological polar surface area (TPSA) is 115 Å². The van der Waals surface area contributed by atoms with Crippen LogP contribution in [-0.4, -0.2) is 14.3 Å². The van der Waals surface area contributed by atoms with Gasteiger partial charge < -0.3 is 11.1 Å². The Balaban J connectivity index is 2.39. The van der Waals surface area contributed by atoms with Crippen molar-refractivity contribution in [2.24, 2.45) is 5.14 Å². The minimum atomic E-state index is -4.05. The number of nitrogens with one attached hydrogen (secondary N) is 1. The number of sulfonamides is 1. The van der Waals surface area contributed by atoms with Crippen molar-refractivity contribution in [3.63, 3.8) is 0 Å². The normalized spacial score (nSPS) is 11.2. The highest BCUT2D eigenvalue weighted by atomic mass is 35.5. The highest BCUT2D eigenvalue weighted by molar-refractivity contribution is 7.89. The van der Waals surface area contributed by atoms with Gasteiger partial charge in [0.1, 0.15) is 4.90 Å². The molecule has 0 saturated carbocycles. The Labute approximate surface area is 133 Å². The molecule has 0 aromatic heterocycles. The van der Waals surface area contributed by atoms with E-state index in [4.69, 9.17) is 22.5 Å². The summed E-state index contributed by atoms with van der Waals surface area (Å²) in [7, 11) is -4.05. The molecule has 0 saturated heterocycles. The molecule has 0 unspecified atom stereocenters. The number of primary sulfonamides is 1. The summed E-state index contributed by atoms with van der Waals surface area (Å²) in [4.78, 5) is 11.9. The van der Waals surface area contributed by atoms with Gasteiger partial charge in [-0.3, -0.25) is 4.79 Å². The lowest BCUT2D eigenvalue weighted by Gasteiger charge is -2.10. The number of benzene rings is 2. The third-order valence-corrected chi connectivity index (χ3v) is 4.34. The van der Waals surface area contributed by atoms with Crippen molar-refractivity contribution >= 4 is 38.9 Å². The average molecular weight is 340 g/mol. The predicted octanol–water partition coefficient (Wildman–Crippen LogP) is 2.13. The zero-order valence-electron chi connectivity index (χ0n) is 11.6. The van der Waals surface area contributed by atoms with Crippen molar-refractivity contribution in [2.75, 3.05) is 11.1 Å².